The molecule has 3 fully saturated rings. The van der Waals surface area contributed by atoms with Gasteiger partial charge in [-0.15, -0.1) is 0 Å². The fourth-order valence-electron chi connectivity index (χ4n) is 7.89. The van der Waals surface area contributed by atoms with E-state index in [0.717, 1.165) is 73.6 Å². The van der Waals surface area contributed by atoms with Gasteiger partial charge in [0, 0.05) is 70.0 Å². The zero-order valence-electron chi connectivity index (χ0n) is 28.0. The van der Waals surface area contributed by atoms with Crippen LogP contribution in [0.15, 0.2) is 36.4 Å². The van der Waals surface area contributed by atoms with Crippen LogP contribution in [0.2, 0.25) is 0 Å². The summed E-state index contributed by atoms with van der Waals surface area (Å²) < 4.78 is 17.8. The monoisotopic (exact) mass is 660 g/mol. The molecule has 48 heavy (non-hydrogen) atoms. The molecule has 0 spiro atoms. The van der Waals surface area contributed by atoms with Crippen LogP contribution in [0, 0.1) is 6.92 Å². The van der Waals surface area contributed by atoms with Gasteiger partial charge in [-0.3, -0.25) is 9.69 Å². The predicted molar refractivity (Wildman–Crippen MR) is 181 cm³/mol. The summed E-state index contributed by atoms with van der Waals surface area (Å²) in [6.07, 6.45) is 3.15. The molecule has 12 heteroatoms. The number of aryl methyl sites for hydroxylation is 1. The number of rotatable bonds is 6. The van der Waals surface area contributed by atoms with Gasteiger partial charge in [-0.1, -0.05) is 24.3 Å². The van der Waals surface area contributed by atoms with Crippen molar-refractivity contribution in [2.45, 2.75) is 63.6 Å². The quantitative estimate of drug-likeness (QED) is 0.486. The molecule has 7 rings (SSSR count). The molecular formula is C36H48N6O6. The van der Waals surface area contributed by atoms with E-state index in [1.165, 1.54) is 0 Å². The first-order valence-corrected chi connectivity index (χ1v) is 17.7. The lowest BCUT2D eigenvalue weighted by Crippen LogP contribution is -2.56. The summed E-state index contributed by atoms with van der Waals surface area (Å²) in [5, 5.41) is 6.49. The average molecular weight is 661 g/mol. The van der Waals surface area contributed by atoms with Gasteiger partial charge in [0.05, 0.1) is 0 Å². The molecule has 5 heterocycles. The van der Waals surface area contributed by atoms with E-state index >= 15 is 0 Å². The zero-order valence-corrected chi connectivity index (χ0v) is 28.0. The Morgan fingerprint density at radius 2 is 1.65 bits per heavy atom. The van der Waals surface area contributed by atoms with E-state index in [-0.39, 0.29) is 24.4 Å². The number of nitrogens with zero attached hydrogens (tertiary/aromatic N) is 4. The van der Waals surface area contributed by atoms with Crippen molar-refractivity contribution in [1.29, 1.82) is 0 Å². The van der Waals surface area contributed by atoms with Gasteiger partial charge in [0.2, 0.25) is 0 Å². The highest BCUT2D eigenvalue weighted by molar-refractivity contribution is 5.91. The molecule has 1 unspecified atom stereocenters. The predicted octanol–water partition coefficient (Wildman–Crippen LogP) is 3.26. The molecule has 4 amide bonds. The molecule has 258 valence electrons. The summed E-state index contributed by atoms with van der Waals surface area (Å²) in [5.41, 5.74) is 3.79. The summed E-state index contributed by atoms with van der Waals surface area (Å²) in [6, 6.07) is 12.3. The van der Waals surface area contributed by atoms with E-state index < -0.39 is 12.2 Å². The maximum Gasteiger partial charge on any atom is 0.410 e. The lowest BCUT2D eigenvalue weighted by molar-refractivity contribution is -0.143. The van der Waals surface area contributed by atoms with Crippen molar-refractivity contribution in [2.75, 3.05) is 77.4 Å². The Kier molecular flexibility index (Phi) is 9.90. The Labute approximate surface area is 282 Å². The van der Waals surface area contributed by atoms with Gasteiger partial charge in [0.1, 0.15) is 13.2 Å². The van der Waals surface area contributed by atoms with Crippen LogP contribution in [0.25, 0.3) is 0 Å². The van der Waals surface area contributed by atoms with Crippen LogP contribution in [0.1, 0.15) is 42.4 Å². The van der Waals surface area contributed by atoms with Gasteiger partial charge in [-0.2, -0.15) is 0 Å². The van der Waals surface area contributed by atoms with Crippen molar-refractivity contribution in [1.82, 2.24) is 24.9 Å². The number of piperazine rings is 1. The van der Waals surface area contributed by atoms with Crippen LogP contribution in [-0.2, 0) is 22.4 Å². The van der Waals surface area contributed by atoms with Crippen LogP contribution in [-0.4, -0.2) is 128 Å². The van der Waals surface area contributed by atoms with E-state index in [2.05, 4.69) is 21.6 Å². The van der Waals surface area contributed by atoms with Crippen LogP contribution in [0.3, 0.4) is 0 Å². The third kappa shape index (κ3) is 7.19. The van der Waals surface area contributed by atoms with Crippen LogP contribution in [0.4, 0.5) is 15.3 Å². The van der Waals surface area contributed by atoms with Crippen molar-refractivity contribution >= 4 is 23.7 Å². The molecule has 12 nitrogen and oxygen atoms in total. The van der Waals surface area contributed by atoms with Gasteiger partial charge in [-0.05, 0) is 80.9 Å². The van der Waals surface area contributed by atoms with Crippen molar-refractivity contribution in [3.8, 4) is 11.5 Å². The molecule has 2 N–H and O–H groups in total. The van der Waals surface area contributed by atoms with E-state index in [9.17, 15) is 14.4 Å². The molecule has 5 aliphatic heterocycles. The summed E-state index contributed by atoms with van der Waals surface area (Å²) in [5.74, 6) is 1.23. The van der Waals surface area contributed by atoms with E-state index in [1.54, 1.807) is 4.90 Å². The average Bonchev–Trinajstić information content (AvgIpc) is 3.29. The maximum absolute atomic E-state index is 14.1. The van der Waals surface area contributed by atoms with Crippen LogP contribution >= 0.6 is 0 Å². The molecule has 2 aromatic carbocycles. The summed E-state index contributed by atoms with van der Waals surface area (Å²) in [6.45, 7) is 9.43. The number of hydrogen-bond donors (Lipinski definition) is 2. The lowest BCUT2D eigenvalue weighted by Gasteiger charge is -2.41. The first-order chi connectivity index (χ1) is 23.4. The standard InChI is InChI=1S/C36H48N6O6/c1-25-22-26(23-31-33(25)47-21-20-46-31)24-32(34(43)40-18-16-39(17-19-40)28-6-11-37-12-7-28)48-36(45)41-13-9-29(10-14-41)42-15-8-27-4-2-3-5-30(27)38-35(42)44/h2-5,22-23,28-29,32,37H,6-21,24H2,1H3,(H,38,44). The zero-order chi connectivity index (χ0) is 33.0. The number of urea groups is 1. The summed E-state index contributed by atoms with van der Waals surface area (Å²) in [4.78, 5) is 48.8. The first kappa shape index (κ1) is 32.5. The number of hydrogen-bond acceptors (Lipinski definition) is 8. The smallest absolute Gasteiger partial charge is 0.410 e. The second-order valence-corrected chi connectivity index (χ2v) is 13.6. The number of anilines is 1. The number of para-hydroxylation sites is 1. The summed E-state index contributed by atoms with van der Waals surface area (Å²) >= 11 is 0. The van der Waals surface area contributed by atoms with Gasteiger partial charge in [0.25, 0.3) is 5.91 Å². The topological polar surface area (TPSA) is 116 Å². The minimum atomic E-state index is -0.961. The number of amides is 4. The molecule has 1 atom stereocenters. The molecule has 0 bridgehead atoms. The molecular weight excluding hydrogens is 612 g/mol. The Balaban J connectivity index is 1.00. The first-order valence-electron chi connectivity index (χ1n) is 17.7. The third-order valence-corrected chi connectivity index (χ3v) is 10.6. The van der Waals surface area contributed by atoms with E-state index in [1.807, 2.05) is 47.1 Å². The van der Waals surface area contributed by atoms with Crippen molar-refractivity contribution in [2.24, 2.45) is 0 Å². The second kappa shape index (κ2) is 14.6. The van der Waals surface area contributed by atoms with Crippen LogP contribution < -0.4 is 20.1 Å². The lowest BCUT2D eigenvalue weighted by atomic mass is 10.0. The Hall–Kier alpha value is -4.03. The number of carbonyl (C=O) groups excluding carboxylic acids is 3. The Bertz CT molecular complexity index is 1480. The van der Waals surface area contributed by atoms with Gasteiger partial charge >= 0.3 is 12.1 Å². The highest BCUT2D eigenvalue weighted by Gasteiger charge is 2.36. The Morgan fingerprint density at radius 3 is 2.44 bits per heavy atom. The van der Waals surface area contributed by atoms with E-state index in [0.29, 0.717) is 70.6 Å². The normalized spacial score (nSPS) is 21.6. The molecule has 0 aliphatic carbocycles. The van der Waals surface area contributed by atoms with Crippen molar-refractivity contribution < 1.29 is 28.6 Å². The molecule has 0 aromatic heterocycles. The number of benzene rings is 2. The second-order valence-electron chi connectivity index (χ2n) is 13.6. The number of carbonyl (C=O) groups is 3. The van der Waals surface area contributed by atoms with Crippen molar-refractivity contribution in [3.05, 3.63) is 53.1 Å². The summed E-state index contributed by atoms with van der Waals surface area (Å²) in [7, 11) is 0. The highest BCUT2D eigenvalue weighted by Crippen LogP contribution is 2.35. The minimum absolute atomic E-state index is 0.0257. The van der Waals surface area contributed by atoms with Gasteiger partial charge in [-0.25, -0.2) is 9.59 Å². The number of piperidine rings is 2. The van der Waals surface area contributed by atoms with Crippen molar-refractivity contribution in [3.63, 3.8) is 0 Å². The number of ether oxygens (including phenoxy) is 3. The van der Waals surface area contributed by atoms with Gasteiger partial charge < -0.3 is 39.5 Å². The fourth-order valence-corrected chi connectivity index (χ4v) is 7.89. The number of nitrogens with one attached hydrogen (secondary N) is 2. The van der Waals surface area contributed by atoms with E-state index in [4.69, 9.17) is 14.2 Å². The third-order valence-electron chi connectivity index (χ3n) is 10.6. The molecule has 2 aromatic rings. The molecule has 0 radical (unpaired) electrons. The minimum Gasteiger partial charge on any atom is -0.486 e. The van der Waals surface area contributed by atoms with Crippen LogP contribution in [0.5, 0.6) is 11.5 Å². The number of likely N-dealkylation sites (tertiary alicyclic amines) is 1. The molecule has 3 saturated heterocycles. The SMILES string of the molecule is Cc1cc(CC(OC(=O)N2CCC(N3CCc4ccccc4NC3=O)CC2)C(=O)N2CCN(C3CCNCC3)CC2)cc2c1OCCO2. The fraction of sp³-hybridized carbons (Fsp3) is 0.583. The Morgan fingerprint density at radius 1 is 0.896 bits per heavy atom. The number of fused-ring (bicyclic) bond motifs is 2. The molecule has 0 saturated carbocycles. The molecule has 5 aliphatic rings. The maximum atomic E-state index is 14.1. The highest BCUT2D eigenvalue weighted by atomic mass is 16.6. The largest absolute Gasteiger partial charge is 0.486 e. The van der Waals surface area contributed by atoms with Gasteiger partial charge in [0.15, 0.2) is 17.6 Å².